The van der Waals surface area contributed by atoms with Crippen molar-refractivity contribution in [3.05, 3.63) is 24.3 Å². The van der Waals surface area contributed by atoms with Crippen LogP contribution >= 0.6 is 0 Å². The van der Waals surface area contributed by atoms with Gasteiger partial charge >= 0.3 is 12.5 Å². The molecule has 1 aromatic carbocycles. The Bertz CT molecular complexity index is 476. The molecule has 1 aliphatic rings. The van der Waals surface area contributed by atoms with Gasteiger partial charge in [-0.25, -0.2) is 0 Å². The lowest BCUT2D eigenvalue weighted by Crippen LogP contribution is -2.36. The monoisotopic (exact) mass is 324 g/mol. The standard InChI is InChI=1S/C15H17F5O2/c1-10-2-4-11(5-3-10)14(16,17)21-12-6-8-13(9-7-12)22-15(18,19)20/h6-11H,2-5H2,1H3. The maximum atomic E-state index is 14.1. The normalized spacial score (nSPS) is 23.2. The molecular formula is C15H17F5O2. The van der Waals surface area contributed by atoms with Gasteiger partial charge < -0.3 is 9.47 Å². The lowest BCUT2D eigenvalue weighted by Gasteiger charge is -2.32. The van der Waals surface area contributed by atoms with Crippen molar-refractivity contribution in [2.45, 2.75) is 45.1 Å². The van der Waals surface area contributed by atoms with Crippen LogP contribution in [-0.2, 0) is 0 Å². The zero-order chi connectivity index (χ0) is 16.4. The molecule has 1 fully saturated rings. The van der Waals surface area contributed by atoms with Crippen LogP contribution in [0.4, 0.5) is 22.0 Å². The molecule has 0 radical (unpaired) electrons. The summed E-state index contributed by atoms with van der Waals surface area (Å²) in [5.74, 6) is -1.09. The molecule has 0 aliphatic heterocycles. The van der Waals surface area contributed by atoms with Gasteiger partial charge in [-0.1, -0.05) is 19.8 Å². The Balaban J connectivity index is 1.97. The molecule has 0 N–H and O–H groups in total. The van der Waals surface area contributed by atoms with Crippen LogP contribution < -0.4 is 9.47 Å². The summed E-state index contributed by atoms with van der Waals surface area (Å²) in [7, 11) is 0. The Hall–Kier alpha value is -1.53. The first kappa shape index (κ1) is 16.8. The highest BCUT2D eigenvalue weighted by Crippen LogP contribution is 2.40. The molecule has 7 heteroatoms. The molecule has 2 nitrogen and oxygen atoms in total. The molecule has 0 heterocycles. The van der Waals surface area contributed by atoms with Crippen LogP contribution in [0.15, 0.2) is 24.3 Å². The fourth-order valence-electron chi connectivity index (χ4n) is 2.55. The second-order valence-electron chi connectivity index (χ2n) is 5.64. The maximum Gasteiger partial charge on any atom is 0.573 e. The second kappa shape index (κ2) is 6.30. The van der Waals surface area contributed by atoms with E-state index in [2.05, 4.69) is 4.74 Å². The van der Waals surface area contributed by atoms with E-state index in [0.717, 1.165) is 37.1 Å². The van der Waals surface area contributed by atoms with Crippen molar-refractivity contribution in [1.82, 2.24) is 0 Å². The van der Waals surface area contributed by atoms with Crippen LogP contribution in [0.2, 0.25) is 0 Å². The van der Waals surface area contributed by atoms with E-state index in [9.17, 15) is 22.0 Å². The number of benzene rings is 1. The summed E-state index contributed by atoms with van der Waals surface area (Å²) in [4.78, 5) is 0. The predicted octanol–water partition coefficient (Wildman–Crippen LogP) is 5.38. The average molecular weight is 324 g/mol. The van der Waals surface area contributed by atoms with E-state index in [1.807, 2.05) is 6.92 Å². The van der Waals surface area contributed by atoms with Crippen LogP contribution in [0.25, 0.3) is 0 Å². The van der Waals surface area contributed by atoms with Crippen molar-refractivity contribution in [2.75, 3.05) is 0 Å². The van der Waals surface area contributed by atoms with Crippen LogP contribution in [-0.4, -0.2) is 12.5 Å². The Kier molecular flexibility index (Phi) is 4.82. The Labute approximate surface area is 125 Å². The minimum Gasteiger partial charge on any atom is -0.432 e. The zero-order valence-corrected chi connectivity index (χ0v) is 12.0. The van der Waals surface area contributed by atoms with Crippen molar-refractivity contribution < 1.29 is 31.4 Å². The SMILES string of the molecule is CC1CCC(C(F)(F)Oc2ccc(OC(F)(F)F)cc2)CC1. The molecule has 0 aromatic heterocycles. The van der Waals surface area contributed by atoms with E-state index in [4.69, 9.17) is 4.74 Å². The average Bonchev–Trinajstić information content (AvgIpc) is 2.39. The molecule has 1 aliphatic carbocycles. The minimum absolute atomic E-state index is 0.182. The van der Waals surface area contributed by atoms with E-state index in [1.165, 1.54) is 0 Å². The van der Waals surface area contributed by atoms with Crippen LogP contribution in [0.3, 0.4) is 0 Å². The first-order valence-electron chi connectivity index (χ1n) is 7.08. The summed E-state index contributed by atoms with van der Waals surface area (Å²) < 4.78 is 72.5. The van der Waals surface area contributed by atoms with Gasteiger partial charge in [-0.05, 0) is 43.0 Å². The molecule has 124 valence electrons. The van der Waals surface area contributed by atoms with Crippen LogP contribution in [0, 0.1) is 11.8 Å². The van der Waals surface area contributed by atoms with Gasteiger partial charge in [0.2, 0.25) is 0 Å². The smallest absolute Gasteiger partial charge is 0.432 e. The third-order valence-electron chi connectivity index (χ3n) is 3.80. The number of alkyl halides is 5. The lowest BCUT2D eigenvalue weighted by atomic mass is 9.82. The lowest BCUT2D eigenvalue weighted by molar-refractivity contribution is -0.274. The summed E-state index contributed by atoms with van der Waals surface area (Å²) in [5.41, 5.74) is 0. The van der Waals surface area contributed by atoms with E-state index >= 15 is 0 Å². The van der Waals surface area contributed by atoms with Crippen LogP contribution in [0.5, 0.6) is 11.5 Å². The van der Waals surface area contributed by atoms with Gasteiger partial charge in [-0.2, -0.15) is 8.78 Å². The predicted molar refractivity (Wildman–Crippen MR) is 69.8 cm³/mol. The van der Waals surface area contributed by atoms with Gasteiger partial charge in [0.25, 0.3) is 0 Å². The fraction of sp³-hybridized carbons (Fsp3) is 0.600. The molecule has 0 atom stereocenters. The first-order valence-corrected chi connectivity index (χ1v) is 7.08. The second-order valence-corrected chi connectivity index (χ2v) is 5.64. The Morgan fingerprint density at radius 2 is 1.27 bits per heavy atom. The Morgan fingerprint density at radius 1 is 0.818 bits per heavy atom. The Morgan fingerprint density at radius 3 is 1.73 bits per heavy atom. The molecule has 0 spiro atoms. The number of rotatable bonds is 4. The number of hydrogen-bond acceptors (Lipinski definition) is 2. The van der Waals surface area contributed by atoms with Crippen molar-refractivity contribution in [1.29, 1.82) is 0 Å². The minimum atomic E-state index is -4.81. The number of hydrogen-bond donors (Lipinski definition) is 0. The van der Waals surface area contributed by atoms with E-state index < -0.39 is 24.1 Å². The van der Waals surface area contributed by atoms with Crippen molar-refractivity contribution >= 4 is 0 Å². The maximum absolute atomic E-state index is 14.1. The highest BCUT2D eigenvalue weighted by atomic mass is 19.4. The van der Waals surface area contributed by atoms with Gasteiger partial charge in [0.05, 0.1) is 5.92 Å². The molecule has 1 saturated carbocycles. The molecule has 0 bridgehead atoms. The highest BCUT2D eigenvalue weighted by molar-refractivity contribution is 5.31. The molecule has 22 heavy (non-hydrogen) atoms. The molecule has 0 amide bonds. The summed E-state index contributed by atoms with van der Waals surface area (Å²) >= 11 is 0. The van der Waals surface area contributed by atoms with Gasteiger partial charge in [-0.3, -0.25) is 0 Å². The van der Waals surface area contributed by atoms with Gasteiger partial charge in [0.15, 0.2) is 0 Å². The molecular weight excluding hydrogens is 307 g/mol. The summed E-state index contributed by atoms with van der Waals surface area (Å²) in [5, 5.41) is 0. The molecule has 0 saturated heterocycles. The van der Waals surface area contributed by atoms with E-state index in [1.54, 1.807) is 0 Å². The molecule has 0 unspecified atom stereocenters. The van der Waals surface area contributed by atoms with Crippen molar-refractivity contribution in [3.63, 3.8) is 0 Å². The number of halogens is 5. The van der Waals surface area contributed by atoms with Gasteiger partial charge in [0.1, 0.15) is 11.5 Å². The van der Waals surface area contributed by atoms with E-state index in [0.29, 0.717) is 18.8 Å². The summed E-state index contributed by atoms with van der Waals surface area (Å²) in [6.45, 7) is 2.02. The largest absolute Gasteiger partial charge is 0.573 e. The first-order chi connectivity index (χ1) is 10.2. The third kappa shape index (κ3) is 4.74. The third-order valence-corrected chi connectivity index (χ3v) is 3.80. The van der Waals surface area contributed by atoms with Crippen molar-refractivity contribution in [3.8, 4) is 11.5 Å². The summed E-state index contributed by atoms with van der Waals surface area (Å²) in [6, 6.07) is 3.98. The molecule has 1 aromatic rings. The van der Waals surface area contributed by atoms with E-state index in [-0.39, 0.29) is 5.75 Å². The van der Waals surface area contributed by atoms with Crippen LogP contribution in [0.1, 0.15) is 32.6 Å². The fourth-order valence-corrected chi connectivity index (χ4v) is 2.55. The molecule has 2 rings (SSSR count). The van der Waals surface area contributed by atoms with Gasteiger partial charge in [0, 0.05) is 0 Å². The number of ether oxygens (including phenoxy) is 2. The highest BCUT2D eigenvalue weighted by Gasteiger charge is 2.43. The topological polar surface area (TPSA) is 18.5 Å². The quantitative estimate of drug-likeness (QED) is 0.692. The zero-order valence-electron chi connectivity index (χ0n) is 12.0. The van der Waals surface area contributed by atoms with Gasteiger partial charge in [-0.15, -0.1) is 13.2 Å². The summed E-state index contributed by atoms with van der Waals surface area (Å²) in [6.07, 6.45) is -5.94. The van der Waals surface area contributed by atoms with Crippen molar-refractivity contribution in [2.24, 2.45) is 11.8 Å².